The van der Waals surface area contributed by atoms with E-state index in [0.717, 1.165) is 18.4 Å². The lowest BCUT2D eigenvalue weighted by Crippen LogP contribution is -2.37. The van der Waals surface area contributed by atoms with Crippen molar-refractivity contribution in [1.29, 1.82) is 0 Å². The molecule has 0 saturated heterocycles. The van der Waals surface area contributed by atoms with Crippen molar-refractivity contribution < 1.29 is 31.2 Å². The summed E-state index contributed by atoms with van der Waals surface area (Å²) in [7, 11) is -4.09. The van der Waals surface area contributed by atoms with Gasteiger partial charge >= 0.3 is 6.18 Å². The number of anilines is 2. The Bertz CT molecular complexity index is 1060. The summed E-state index contributed by atoms with van der Waals surface area (Å²) in [5.41, 5.74) is -1.02. The zero-order valence-electron chi connectivity index (χ0n) is 15.2. The second-order valence-electron chi connectivity index (χ2n) is 6.12. The molecule has 0 aliphatic rings. The number of benzene rings is 2. The minimum atomic E-state index is -4.80. The SMILES string of the molecule is CC(=O)c1cccc(NC(=O)CN(c2ccc(Cl)c(C(F)(F)F)c2)S(C)(=O)=O)c1. The van der Waals surface area contributed by atoms with Crippen LogP contribution < -0.4 is 9.62 Å². The van der Waals surface area contributed by atoms with Crippen molar-refractivity contribution in [3.8, 4) is 0 Å². The number of sulfonamides is 1. The number of nitrogens with one attached hydrogen (secondary N) is 1. The van der Waals surface area contributed by atoms with Crippen molar-refractivity contribution >= 4 is 44.7 Å². The maximum atomic E-state index is 13.1. The van der Waals surface area contributed by atoms with Crippen molar-refractivity contribution in [2.45, 2.75) is 13.1 Å². The molecule has 2 aromatic rings. The molecule has 0 spiro atoms. The van der Waals surface area contributed by atoms with Crippen LogP contribution in [0.1, 0.15) is 22.8 Å². The van der Waals surface area contributed by atoms with E-state index in [1.807, 2.05) is 0 Å². The first-order valence-corrected chi connectivity index (χ1v) is 10.3. The molecule has 0 aliphatic carbocycles. The third-order valence-electron chi connectivity index (χ3n) is 3.78. The monoisotopic (exact) mass is 448 g/mol. The Hall–Kier alpha value is -2.59. The smallest absolute Gasteiger partial charge is 0.324 e. The Morgan fingerprint density at radius 3 is 2.34 bits per heavy atom. The van der Waals surface area contributed by atoms with Gasteiger partial charge in [-0.05, 0) is 37.3 Å². The number of halogens is 4. The molecule has 2 aromatic carbocycles. The van der Waals surface area contributed by atoms with Gasteiger partial charge in [-0.25, -0.2) is 8.42 Å². The van der Waals surface area contributed by atoms with E-state index in [9.17, 15) is 31.2 Å². The van der Waals surface area contributed by atoms with Gasteiger partial charge in [-0.3, -0.25) is 13.9 Å². The van der Waals surface area contributed by atoms with E-state index in [2.05, 4.69) is 5.32 Å². The van der Waals surface area contributed by atoms with Crippen LogP contribution in [-0.4, -0.2) is 32.9 Å². The van der Waals surface area contributed by atoms with Gasteiger partial charge in [0.2, 0.25) is 15.9 Å². The Balaban J connectivity index is 2.32. The predicted octanol–water partition coefficient (Wildman–Crippen LogP) is 3.97. The van der Waals surface area contributed by atoms with Crippen LogP contribution in [0.4, 0.5) is 24.5 Å². The molecule has 0 atom stereocenters. The molecule has 6 nitrogen and oxygen atoms in total. The van der Waals surface area contributed by atoms with Crippen molar-refractivity contribution in [2.75, 3.05) is 22.4 Å². The van der Waals surface area contributed by atoms with E-state index in [0.29, 0.717) is 15.9 Å². The highest BCUT2D eigenvalue weighted by molar-refractivity contribution is 7.92. The van der Waals surface area contributed by atoms with Crippen LogP contribution in [0.15, 0.2) is 42.5 Å². The van der Waals surface area contributed by atoms with Gasteiger partial charge in [-0.1, -0.05) is 23.7 Å². The molecule has 0 heterocycles. The van der Waals surface area contributed by atoms with E-state index in [1.165, 1.54) is 31.2 Å². The Morgan fingerprint density at radius 2 is 1.79 bits per heavy atom. The second kappa shape index (κ2) is 8.42. The van der Waals surface area contributed by atoms with Gasteiger partial charge in [0.1, 0.15) is 6.54 Å². The normalized spacial score (nSPS) is 11.8. The largest absolute Gasteiger partial charge is 0.417 e. The van der Waals surface area contributed by atoms with Crippen molar-refractivity contribution in [2.24, 2.45) is 0 Å². The van der Waals surface area contributed by atoms with E-state index < -0.39 is 39.2 Å². The molecule has 1 N–H and O–H groups in total. The maximum Gasteiger partial charge on any atom is 0.417 e. The van der Waals surface area contributed by atoms with Gasteiger partial charge in [0.15, 0.2) is 5.78 Å². The fourth-order valence-electron chi connectivity index (χ4n) is 2.43. The summed E-state index contributed by atoms with van der Waals surface area (Å²) in [4.78, 5) is 23.7. The number of amides is 1. The number of Topliss-reactive ketones (excluding diaryl/α,β-unsaturated/α-hetero) is 1. The molecular formula is C18H16ClF3N2O4S. The quantitative estimate of drug-likeness (QED) is 0.678. The zero-order chi connectivity index (χ0) is 22.0. The van der Waals surface area contributed by atoms with Crippen LogP contribution >= 0.6 is 11.6 Å². The minimum Gasteiger partial charge on any atom is -0.324 e. The Labute approximate surface area is 170 Å². The topological polar surface area (TPSA) is 83.6 Å². The molecule has 0 fully saturated rings. The summed E-state index contributed by atoms with van der Waals surface area (Å²) in [6, 6.07) is 8.48. The van der Waals surface area contributed by atoms with Gasteiger partial charge in [-0.2, -0.15) is 13.2 Å². The van der Waals surface area contributed by atoms with Crippen LogP contribution in [0.25, 0.3) is 0 Å². The number of hydrogen-bond acceptors (Lipinski definition) is 4. The van der Waals surface area contributed by atoms with Crippen LogP contribution in [0.3, 0.4) is 0 Å². The predicted molar refractivity (Wildman–Crippen MR) is 104 cm³/mol. The number of rotatable bonds is 6. The summed E-state index contributed by atoms with van der Waals surface area (Å²) >= 11 is 5.56. The van der Waals surface area contributed by atoms with Gasteiger partial charge in [0, 0.05) is 11.3 Å². The fraction of sp³-hybridized carbons (Fsp3) is 0.222. The Morgan fingerprint density at radius 1 is 1.14 bits per heavy atom. The number of carbonyl (C=O) groups is 2. The summed E-state index contributed by atoms with van der Waals surface area (Å²) in [5, 5.41) is 1.82. The molecular weight excluding hydrogens is 433 g/mol. The molecule has 156 valence electrons. The first-order valence-electron chi connectivity index (χ1n) is 8.04. The fourth-order valence-corrected chi connectivity index (χ4v) is 3.51. The van der Waals surface area contributed by atoms with Crippen molar-refractivity contribution in [3.63, 3.8) is 0 Å². The lowest BCUT2D eigenvalue weighted by atomic mass is 10.1. The van der Waals surface area contributed by atoms with E-state index >= 15 is 0 Å². The first kappa shape index (κ1) is 22.7. The average Bonchev–Trinajstić information content (AvgIpc) is 2.58. The van der Waals surface area contributed by atoms with Gasteiger partial charge in [0.05, 0.1) is 22.5 Å². The lowest BCUT2D eigenvalue weighted by molar-refractivity contribution is -0.137. The minimum absolute atomic E-state index is 0.236. The molecule has 0 saturated carbocycles. The molecule has 0 unspecified atom stereocenters. The standard InChI is InChI=1S/C18H16ClF3N2O4S/c1-11(25)12-4-3-5-13(8-12)23-17(26)10-24(29(2,27)28)14-6-7-16(19)15(9-14)18(20,21)22/h3-9H,10H2,1-2H3,(H,23,26). The molecule has 1 amide bonds. The second-order valence-corrected chi connectivity index (χ2v) is 8.43. The van der Waals surface area contributed by atoms with Crippen molar-refractivity contribution in [1.82, 2.24) is 0 Å². The van der Waals surface area contributed by atoms with Crippen LogP contribution in [0.5, 0.6) is 0 Å². The summed E-state index contributed by atoms with van der Waals surface area (Å²) < 4.78 is 64.0. The molecule has 11 heteroatoms. The van der Waals surface area contributed by atoms with Gasteiger partial charge in [0.25, 0.3) is 0 Å². The third kappa shape index (κ3) is 5.94. The molecule has 0 aliphatic heterocycles. The molecule has 29 heavy (non-hydrogen) atoms. The summed E-state index contributed by atoms with van der Waals surface area (Å²) in [5.74, 6) is -1.04. The average molecular weight is 449 g/mol. The third-order valence-corrected chi connectivity index (χ3v) is 5.25. The first-order chi connectivity index (χ1) is 13.3. The highest BCUT2D eigenvalue weighted by Gasteiger charge is 2.34. The number of ketones is 1. The van der Waals surface area contributed by atoms with Crippen molar-refractivity contribution in [3.05, 3.63) is 58.6 Å². The number of carbonyl (C=O) groups excluding carboxylic acids is 2. The summed E-state index contributed by atoms with van der Waals surface area (Å²) in [6.45, 7) is 0.563. The maximum absolute atomic E-state index is 13.1. The Kier molecular flexibility index (Phi) is 6.59. The number of hydrogen-bond donors (Lipinski definition) is 1. The highest BCUT2D eigenvalue weighted by atomic mass is 35.5. The van der Waals surface area contributed by atoms with E-state index in [-0.39, 0.29) is 17.2 Å². The summed E-state index contributed by atoms with van der Waals surface area (Å²) in [6.07, 6.45) is -4.04. The molecule has 0 bridgehead atoms. The number of nitrogens with zero attached hydrogens (tertiary/aromatic N) is 1. The molecule has 0 radical (unpaired) electrons. The molecule has 0 aromatic heterocycles. The zero-order valence-corrected chi connectivity index (χ0v) is 16.8. The van der Waals surface area contributed by atoms with Gasteiger partial charge < -0.3 is 5.32 Å². The van der Waals surface area contributed by atoms with E-state index in [1.54, 1.807) is 0 Å². The highest BCUT2D eigenvalue weighted by Crippen LogP contribution is 2.37. The van der Waals surface area contributed by atoms with Crippen LogP contribution in [-0.2, 0) is 21.0 Å². The van der Waals surface area contributed by atoms with Crippen LogP contribution in [0.2, 0.25) is 5.02 Å². The number of alkyl halides is 3. The van der Waals surface area contributed by atoms with Gasteiger partial charge in [-0.15, -0.1) is 0 Å². The lowest BCUT2D eigenvalue weighted by Gasteiger charge is -2.23. The van der Waals surface area contributed by atoms with Crippen LogP contribution in [0, 0.1) is 0 Å². The van der Waals surface area contributed by atoms with E-state index in [4.69, 9.17) is 11.6 Å². The molecule has 2 rings (SSSR count).